The second-order valence-electron chi connectivity index (χ2n) is 4.97. The molecule has 2 rings (SSSR count). The zero-order valence-electron chi connectivity index (χ0n) is 11.9. The molecule has 1 N–H and O–H groups in total. The molecule has 0 saturated heterocycles. The number of rotatable bonds is 3. The van der Waals surface area contributed by atoms with Crippen LogP contribution in [-0.2, 0) is 0 Å². The Morgan fingerprint density at radius 1 is 0.895 bits per heavy atom. The molecule has 0 saturated carbocycles. The van der Waals surface area contributed by atoms with Gasteiger partial charge in [-0.05, 0) is 60.7 Å². The highest BCUT2D eigenvalue weighted by Crippen LogP contribution is 2.28. The Kier molecular flexibility index (Phi) is 3.91. The summed E-state index contributed by atoms with van der Waals surface area (Å²) in [4.78, 5) is 0. The average Bonchev–Trinajstić information content (AvgIpc) is 2.41. The number of aliphatic hydroxyl groups is 1. The minimum Gasteiger partial charge on any atom is -0.497 e. The van der Waals surface area contributed by atoms with E-state index in [1.165, 1.54) is 11.1 Å². The van der Waals surface area contributed by atoms with Crippen LogP contribution in [0.2, 0.25) is 0 Å². The molecule has 2 heteroatoms. The highest BCUT2D eigenvalue weighted by molar-refractivity contribution is 5.41. The van der Waals surface area contributed by atoms with Crippen LogP contribution in [0.3, 0.4) is 0 Å². The first kappa shape index (κ1) is 13.6. The van der Waals surface area contributed by atoms with Crippen LogP contribution in [0.15, 0.2) is 36.4 Å². The van der Waals surface area contributed by atoms with Gasteiger partial charge in [-0.15, -0.1) is 0 Å². The van der Waals surface area contributed by atoms with E-state index >= 15 is 0 Å². The SMILES string of the molecule is COc1ccc(C(O)c2ccc(C)c(C)c2)c(C)c1. The molecule has 0 aliphatic carbocycles. The molecule has 19 heavy (non-hydrogen) atoms. The summed E-state index contributed by atoms with van der Waals surface area (Å²) in [6, 6.07) is 11.8. The molecule has 1 unspecified atom stereocenters. The van der Waals surface area contributed by atoms with Crippen LogP contribution in [-0.4, -0.2) is 12.2 Å². The average molecular weight is 256 g/mol. The van der Waals surface area contributed by atoms with Crippen molar-refractivity contribution in [3.63, 3.8) is 0 Å². The van der Waals surface area contributed by atoms with Crippen molar-refractivity contribution < 1.29 is 9.84 Å². The number of ether oxygens (including phenoxy) is 1. The van der Waals surface area contributed by atoms with Crippen LogP contribution in [0, 0.1) is 20.8 Å². The molecule has 0 aromatic heterocycles. The van der Waals surface area contributed by atoms with E-state index in [-0.39, 0.29) is 0 Å². The van der Waals surface area contributed by atoms with E-state index in [1.54, 1.807) is 7.11 Å². The first-order valence-electron chi connectivity index (χ1n) is 6.42. The van der Waals surface area contributed by atoms with Crippen molar-refractivity contribution in [1.29, 1.82) is 0 Å². The first-order valence-corrected chi connectivity index (χ1v) is 6.42. The minimum absolute atomic E-state index is 0.592. The lowest BCUT2D eigenvalue weighted by atomic mass is 9.95. The molecule has 1 atom stereocenters. The fourth-order valence-electron chi connectivity index (χ4n) is 2.20. The summed E-state index contributed by atoms with van der Waals surface area (Å²) in [7, 11) is 1.65. The van der Waals surface area contributed by atoms with Crippen molar-refractivity contribution in [3.8, 4) is 5.75 Å². The van der Waals surface area contributed by atoms with Crippen molar-refractivity contribution in [2.24, 2.45) is 0 Å². The van der Waals surface area contributed by atoms with E-state index in [9.17, 15) is 5.11 Å². The Labute approximate surface area is 114 Å². The fourth-order valence-corrected chi connectivity index (χ4v) is 2.20. The van der Waals surface area contributed by atoms with Gasteiger partial charge in [0.1, 0.15) is 11.9 Å². The zero-order valence-corrected chi connectivity index (χ0v) is 11.9. The van der Waals surface area contributed by atoms with E-state index < -0.39 is 6.10 Å². The van der Waals surface area contributed by atoms with Gasteiger partial charge in [0.05, 0.1) is 7.11 Å². The van der Waals surface area contributed by atoms with Gasteiger partial charge in [-0.1, -0.05) is 24.3 Å². The molecule has 100 valence electrons. The number of hydrogen-bond donors (Lipinski definition) is 1. The quantitative estimate of drug-likeness (QED) is 0.907. The number of aryl methyl sites for hydroxylation is 3. The van der Waals surface area contributed by atoms with Crippen molar-refractivity contribution in [2.45, 2.75) is 26.9 Å². The molecule has 2 nitrogen and oxygen atoms in total. The largest absolute Gasteiger partial charge is 0.497 e. The van der Waals surface area contributed by atoms with Crippen molar-refractivity contribution in [1.82, 2.24) is 0 Å². The maximum absolute atomic E-state index is 10.5. The van der Waals surface area contributed by atoms with Gasteiger partial charge in [0.25, 0.3) is 0 Å². The van der Waals surface area contributed by atoms with Crippen LogP contribution in [0.4, 0.5) is 0 Å². The van der Waals surface area contributed by atoms with E-state index in [0.717, 1.165) is 22.4 Å². The lowest BCUT2D eigenvalue weighted by Crippen LogP contribution is -2.03. The molecule has 0 aliphatic heterocycles. The van der Waals surface area contributed by atoms with Crippen LogP contribution < -0.4 is 4.74 Å². The Balaban J connectivity index is 2.38. The minimum atomic E-state index is -0.592. The molecule has 0 fully saturated rings. The number of benzene rings is 2. The zero-order chi connectivity index (χ0) is 14.0. The van der Waals surface area contributed by atoms with Crippen molar-refractivity contribution in [3.05, 3.63) is 64.2 Å². The predicted octanol–water partition coefficient (Wildman–Crippen LogP) is 3.70. The highest BCUT2D eigenvalue weighted by Gasteiger charge is 2.14. The summed E-state index contributed by atoms with van der Waals surface area (Å²) < 4.78 is 5.19. The molecule has 2 aromatic carbocycles. The maximum Gasteiger partial charge on any atom is 0.119 e. The number of aliphatic hydroxyl groups excluding tert-OH is 1. The van der Waals surface area contributed by atoms with Crippen molar-refractivity contribution in [2.75, 3.05) is 7.11 Å². The van der Waals surface area contributed by atoms with Crippen molar-refractivity contribution >= 4 is 0 Å². The molecule has 0 spiro atoms. The summed E-state index contributed by atoms with van der Waals surface area (Å²) in [6.45, 7) is 6.12. The summed E-state index contributed by atoms with van der Waals surface area (Å²) in [6.07, 6.45) is -0.592. The molecule has 0 aliphatic rings. The van der Waals surface area contributed by atoms with Gasteiger partial charge in [0.15, 0.2) is 0 Å². The third-order valence-corrected chi connectivity index (χ3v) is 3.62. The smallest absolute Gasteiger partial charge is 0.119 e. The monoisotopic (exact) mass is 256 g/mol. The van der Waals surface area contributed by atoms with Crippen LogP contribution in [0.1, 0.15) is 33.9 Å². The topological polar surface area (TPSA) is 29.5 Å². The van der Waals surface area contributed by atoms with Gasteiger partial charge in [-0.2, -0.15) is 0 Å². The summed E-state index contributed by atoms with van der Waals surface area (Å²) in [5.74, 6) is 0.813. The van der Waals surface area contributed by atoms with E-state index in [2.05, 4.69) is 13.8 Å². The third kappa shape index (κ3) is 2.79. The maximum atomic E-state index is 10.5. The molecular weight excluding hydrogens is 236 g/mol. The van der Waals surface area contributed by atoms with Gasteiger partial charge >= 0.3 is 0 Å². The fraction of sp³-hybridized carbons (Fsp3) is 0.294. The van der Waals surface area contributed by atoms with Gasteiger partial charge in [0, 0.05) is 0 Å². The van der Waals surface area contributed by atoms with Crippen LogP contribution >= 0.6 is 0 Å². The second-order valence-corrected chi connectivity index (χ2v) is 4.97. The number of hydrogen-bond acceptors (Lipinski definition) is 2. The Bertz CT molecular complexity index is 588. The van der Waals surface area contributed by atoms with Gasteiger partial charge < -0.3 is 9.84 Å². The third-order valence-electron chi connectivity index (χ3n) is 3.62. The predicted molar refractivity (Wildman–Crippen MR) is 77.7 cm³/mol. The van der Waals surface area contributed by atoms with Gasteiger partial charge in [-0.25, -0.2) is 0 Å². The Morgan fingerprint density at radius 2 is 1.63 bits per heavy atom. The second kappa shape index (κ2) is 5.45. The molecule has 2 aromatic rings. The normalized spacial score (nSPS) is 12.3. The number of methoxy groups -OCH3 is 1. The highest BCUT2D eigenvalue weighted by atomic mass is 16.5. The standard InChI is InChI=1S/C17H20O2/c1-11-5-6-14(9-12(11)2)17(18)16-8-7-15(19-4)10-13(16)3/h5-10,17-18H,1-4H3. The first-order chi connectivity index (χ1) is 9.02. The lowest BCUT2D eigenvalue weighted by Gasteiger charge is -2.16. The molecule has 0 bridgehead atoms. The molecule has 0 amide bonds. The summed E-state index contributed by atoms with van der Waals surface area (Å²) in [5, 5.41) is 10.5. The summed E-state index contributed by atoms with van der Waals surface area (Å²) >= 11 is 0. The summed E-state index contributed by atoms with van der Waals surface area (Å²) in [5.41, 5.74) is 5.32. The Hall–Kier alpha value is -1.80. The van der Waals surface area contributed by atoms with E-state index in [0.29, 0.717) is 0 Å². The molecule has 0 radical (unpaired) electrons. The Morgan fingerprint density at radius 3 is 2.21 bits per heavy atom. The van der Waals surface area contributed by atoms with E-state index in [1.807, 2.05) is 43.3 Å². The molecule has 0 heterocycles. The van der Waals surface area contributed by atoms with Gasteiger partial charge in [0.2, 0.25) is 0 Å². The van der Waals surface area contributed by atoms with Crippen LogP contribution in [0.25, 0.3) is 0 Å². The van der Waals surface area contributed by atoms with Crippen LogP contribution in [0.5, 0.6) is 5.75 Å². The molecular formula is C17H20O2. The lowest BCUT2D eigenvalue weighted by molar-refractivity contribution is 0.219. The van der Waals surface area contributed by atoms with E-state index in [4.69, 9.17) is 4.74 Å². The van der Waals surface area contributed by atoms with Gasteiger partial charge in [-0.3, -0.25) is 0 Å².